The molecule has 2 fully saturated rings. The molecule has 32 heavy (non-hydrogen) atoms. The van der Waals surface area contributed by atoms with E-state index in [2.05, 4.69) is 50.4 Å². The highest BCUT2D eigenvalue weighted by Gasteiger charge is 2.43. The molecule has 2 saturated heterocycles. The maximum atomic E-state index is 12.5. The molecule has 3 heterocycles. The van der Waals surface area contributed by atoms with E-state index in [4.69, 9.17) is 5.11 Å². The van der Waals surface area contributed by atoms with Gasteiger partial charge in [0.05, 0.1) is 0 Å². The SMILES string of the molecule is O=C(O)CCCCCNC(=O)c1ccnc(N2CCC3(CCN(c4ccccc4)C3)C2)c1. The fraction of sp³-hybridized carbons (Fsp3) is 0.480. The van der Waals surface area contributed by atoms with Crippen LogP contribution in [-0.2, 0) is 4.79 Å². The maximum Gasteiger partial charge on any atom is 0.303 e. The van der Waals surface area contributed by atoms with Crippen LogP contribution in [0.25, 0.3) is 0 Å². The monoisotopic (exact) mass is 436 g/mol. The predicted molar refractivity (Wildman–Crippen MR) is 125 cm³/mol. The zero-order chi connectivity index (χ0) is 22.4. The van der Waals surface area contributed by atoms with Crippen molar-refractivity contribution in [2.45, 2.75) is 38.5 Å². The number of aliphatic carboxylic acids is 1. The van der Waals surface area contributed by atoms with Crippen molar-refractivity contribution < 1.29 is 14.7 Å². The van der Waals surface area contributed by atoms with E-state index in [9.17, 15) is 9.59 Å². The molecule has 1 aromatic carbocycles. The van der Waals surface area contributed by atoms with Gasteiger partial charge in [-0.2, -0.15) is 0 Å². The molecular formula is C25H32N4O3. The number of benzene rings is 1. The topological polar surface area (TPSA) is 85.8 Å². The molecule has 2 aliphatic heterocycles. The standard InChI is InChI=1S/C25H32N4O3/c30-23(31)9-5-2-6-13-27-24(32)20-10-14-26-22(17-20)29-16-12-25(19-29)11-15-28(18-25)21-7-3-1-4-8-21/h1,3-4,7-8,10,14,17H,2,5-6,9,11-13,15-16,18-19H2,(H,27,32)(H,30,31). The lowest BCUT2D eigenvalue weighted by molar-refractivity contribution is -0.137. The minimum Gasteiger partial charge on any atom is -0.481 e. The average Bonchev–Trinajstić information content (AvgIpc) is 3.43. The molecule has 0 radical (unpaired) electrons. The number of carboxylic acid groups (broad SMARTS) is 1. The van der Waals surface area contributed by atoms with Crippen molar-refractivity contribution in [3.63, 3.8) is 0 Å². The van der Waals surface area contributed by atoms with Gasteiger partial charge < -0.3 is 20.2 Å². The third-order valence-electron chi connectivity index (χ3n) is 6.68. The normalized spacial score (nSPS) is 20.1. The van der Waals surface area contributed by atoms with Crippen LogP contribution in [0.15, 0.2) is 48.7 Å². The summed E-state index contributed by atoms with van der Waals surface area (Å²) in [6.07, 6.45) is 6.44. The minimum atomic E-state index is -0.771. The molecule has 1 amide bonds. The number of amides is 1. The Hall–Kier alpha value is -3.09. The predicted octanol–water partition coefficient (Wildman–Crippen LogP) is 3.56. The minimum absolute atomic E-state index is 0.100. The van der Waals surface area contributed by atoms with Crippen LogP contribution >= 0.6 is 0 Å². The number of carboxylic acids is 1. The van der Waals surface area contributed by atoms with Gasteiger partial charge in [0.25, 0.3) is 5.91 Å². The second kappa shape index (κ2) is 10.0. The lowest BCUT2D eigenvalue weighted by atomic mass is 9.86. The highest BCUT2D eigenvalue weighted by atomic mass is 16.4. The highest BCUT2D eigenvalue weighted by Crippen LogP contribution is 2.42. The van der Waals surface area contributed by atoms with Gasteiger partial charge in [0.15, 0.2) is 0 Å². The fourth-order valence-corrected chi connectivity index (χ4v) is 4.87. The Labute approximate surface area is 189 Å². The first-order valence-corrected chi connectivity index (χ1v) is 11.6. The number of pyridine rings is 1. The van der Waals surface area contributed by atoms with E-state index < -0.39 is 5.97 Å². The number of nitrogens with one attached hydrogen (secondary N) is 1. The van der Waals surface area contributed by atoms with Gasteiger partial charge in [0.1, 0.15) is 5.82 Å². The van der Waals surface area contributed by atoms with Crippen LogP contribution < -0.4 is 15.1 Å². The molecule has 2 N–H and O–H groups in total. The van der Waals surface area contributed by atoms with E-state index in [-0.39, 0.29) is 17.7 Å². The molecule has 4 rings (SSSR count). The van der Waals surface area contributed by atoms with Crippen molar-refractivity contribution in [2.75, 3.05) is 42.5 Å². The molecule has 1 spiro atoms. The van der Waals surface area contributed by atoms with E-state index in [1.54, 1.807) is 12.3 Å². The first kappa shape index (κ1) is 22.1. The summed E-state index contributed by atoms with van der Waals surface area (Å²) in [4.78, 5) is 32.4. The smallest absolute Gasteiger partial charge is 0.303 e. The first-order valence-electron chi connectivity index (χ1n) is 11.6. The number of aromatic nitrogens is 1. The van der Waals surface area contributed by atoms with Gasteiger partial charge >= 0.3 is 5.97 Å². The number of rotatable bonds is 9. The summed E-state index contributed by atoms with van der Waals surface area (Å²) in [6.45, 7) is 4.64. The van der Waals surface area contributed by atoms with Crippen LogP contribution in [0.3, 0.4) is 0 Å². The average molecular weight is 437 g/mol. The first-order chi connectivity index (χ1) is 15.5. The lowest BCUT2D eigenvalue weighted by Crippen LogP contribution is -2.31. The largest absolute Gasteiger partial charge is 0.481 e. The molecular weight excluding hydrogens is 404 g/mol. The van der Waals surface area contributed by atoms with Crippen molar-refractivity contribution in [3.05, 3.63) is 54.2 Å². The molecule has 170 valence electrons. The molecule has 1 atom stereocenters. The molecule has 0 saturated carbocycles. The van der Waals surface area contributed by atoms with Gasteiger partial charge in [-0.25, -0.2) is 4.98 Å². The number of hydrogen-bond acceptors (Lipinski definition) is 5. The number of hydrogen-bond donors (Lipinski definition) is 2. The molecule has 2 aromatic rings. The second-order valence-corrected chi connectivity index (χ2v) is 9.04. The summed E-state index contributed by atoms with van der Waals surface area (Å²) in [5, 5.41) is 11.6. The highest BCUT2D eigenvalue weighted by molar-refractivity contribution is 5.94. The van der Waals surface area contributed by atoms with Gasteiger partial charge in [0, 0.05) is 62.0 Å². The van der Waals surface area contributed by atoms with Crippen LogP contribution in [0.4, 0.5) is 11.5 Å². The van der Waals surface area contributed by atoms with Crippen molar-refractivity contribution in [1.82, 2.24) is 10.3 Å². The second-order valence-electron chi connectivity index (χ2n) is 9.04. The molecule has 1 unspecified atom stereocenters. The van der Waals surface area contributed by atoms with Gasteiger partial charge in [0.2, 0.25) is 0 Å². The number of anilines is 2. The van der Waals surface area contributed by atoms with E-state index in [0.717, 1.165) is 51.3 Å². The van der Waals surface area contributed by atoms with E-state index in [0.29, 0.717) is 18.5 Å². The van der Waals surface area contributed by atoms with Crippen LogP contribution in [0, 0.1) is 5.41 Å². The number of carbonyl (C=O) groups is 2. The third kappa shape index (κ3) is 5.39. The maximum absolute atomic E-state index is 12.5. The summed E-state index contributed by atoms with van der Waals surface area (Å²) in [5.41, 5.74) is 2.20. The Bertz CT molecular complexity index is 936. The van der Waals surface area contributed by atoms with Crippen LogP contribution in [0.5, 0.6) is 0 Å². The van der Waals surface area contributed by atoms with Crippen molar-refractivity contribution in [2.24, 2.45) is 5.41 Å². The molecule has 2 aliphatic rings. The fourth-order valence-electron chi connectivity index (χ4n) is 4.87. The van der Waals surface area contributed by atoms with Gasteiger partial charge in [-0.1, -0.05) is 24.6 Å². The summed E-state index contributed by atoms with van der Waals surface area (Å²) in [5.74, 6) is -0.00141. The van der Waals surface area contributed by atoms with E-state index in [1.807, 2.05) is 6.07 Å². The van der Waals surface area contributed by atoms with Gasteiger partial charge in [-0.05, 0) is 49.9 Å². The Morgan fingerprint density at radius 3 is 2.53 bits per heavy atom. The molecule has 7 heteroatoms. The number of unbranched alkanes of at least 4 members (excludes halogenated alkanes) is 2. The van der Waals surface area contributed by atoms with Crippen molar-refractivity contribution in [1.29, 1.82) is 0 Å². The van der Waals surface area contributed by atoms with Crippen LogP contribution in [0.1, 0.15) is 48.9 Å². The zero-order valence-corrected chi connectivity index (χ0v) is 18.5. The van der Waals surface area contributed by atoms with Gasteiger partial charge in [-0.15, -0.1) is 0 Å². The Balaban J connectivity index is 1.29. The summed E-state index contributed by atoms with van der Waals surface area (Å²) >= 11 is 0. The lowest BCUT2D eigenvalue weighted by Gasteiger charge is -2.26. The summed E-state index contributed by atoms with van der Waals surface area (Å²) in [7, 11) is 0. The van der Waals surface area contributed by atoms with Crippen LogP contribution in [0.2, 0.25) is 0 Å². The van der Waals surface area contributed by atoms with Crippen molar-refractivity contribution in [3.8, 4) is 0 Å². The van der Waals surface area contributed by atoms with E-state index in [1.165, 1.54) is 12.1 Å². The molecule has 0 bridgehead atoms. The van der Waals surface area contributed by atoms with Gasteiger partial charge in [-0.3, -0.25) is 9.59 Å². The van der Waals surface area contributed by atoms with Crippen molar-refractivity contribution >= 4 is 23.4 Å². The Kier molecular flexibility index (Phi) is 6.93. The Morgan fingerprint density at radius 2 is 1.75 bits per heavy atom. The summed E-state index contributed by atoms with van der Waals surface area (Å²) < 4.78 is 0. The Morgan fingerprint density at radius 1 is 1.00 bits per heavy atom. The number of para-hydroxylation sites is 1. The number of nitrogens with zero attached hydrogens (tertiary/aromatic N) is 3. The zero-order valence-electron chi connectivity index (χ0n) is 18.5. The van der Waals surface area contributed by atoms with E-state index >= 15 is 0 Å². The van der Waals surface area contributed by atoms with Crippen LogP contribution in [-0.4, -0.2) is 54.7 Å². The molecule has 0 aliphatic carbocycles. The molecule has 1 aromatic heterocycles. The third-order valence-corrected chi connectivity index (χ3v) is 6.68. The molecule has 7 nitrogen and oxygen atoms in total. The quantitative estimate of drug-likeness (QED) is 0.585. The summed E-state index contributed by atoms with van der Waals surface area (Å²) in [6, 6.07) is 14.3. The number of carbonyl (C=O) groups excluding carboxylic acids is 1.